The minimum atomic E-state index is -0.359. The van der Waals surface area contributed by atoms with Gasteiger partial charge < -0.3 is 10.0 Å². The fourth-order valence-electron chi connectivity index (χ4n) is 4.48. The van der Waals surface area contributed by atoms with Crippen molar-refractivity contribution >= 4 is 5.91 Å². The summed E-state index contributed by atoms with van der Waals surface area (Å²) < 4.78 is 0. The number of amides is 1. The van der Waals surface area contributed by atoms with Crippen molar-refractivity contribution in [1.82, 2.24) is 9.80 Å². The third-order valence-corrected chi connectivity index (χ3v) is 6.19. The molecule has 1 heterocycles. The van der Waals surface area contributed by atoms with Crippen molar-refractivity contribution in [2.45, 2.75) is 24.5 Å². The summed E-state index contributed by atoms with van der Waals surface area (Å²) in [6, 6.07) is 30.1. The van der Waals surface area contributed by atoms with Gasteiger partial charge in [0.2, 0.25) is 5.91 Å². The molecule has 3 aromatic carbocycles. The zero-order valence-corrected chi connectivity index (χ0v) is 18.0. The van der Waals surface area contributed by atoms with Crippen LogP contribution in [0.3, 0.4) is 0 Å². The van der Waals surface area contributed by atoms with E-state index in [4.69, 9.17) is 0 Å². The Morgan fingerprint density at radius 2 is 1.39 bits per heavy atom. The first-order chi connectivity index (χ1) is 15.1. The molecule has 4 rings (SSSR count). The Kier molecular flexibility index (Phi) is 6.80. The number of carbonyl (C=O) groups is 1. The Hall–Kier alpha value is -2.95. The van der Waals surface area contributed by atoms with Gasteiger partial charge >= 0.3 is 0 Å². The number of likely N-dealkylation sites (N-methyl/N-ethyl adjacent to an activating group) is 1. The third-order valence-electron chi connectivity index (χ3n) is 6.19. The number of aliphatic hydroxyl groups excluding tert-OH is 1. The van der Waals surface area contributed by atoms with Crippen LogP contribution in [0.4, 0.5) is 0 Å². The van der Waals surface area contributed by atoms with Crippen LogP contribution in [0, 0.1) is 0 Å². The molecule has 2 atom stereocenters. The van der Waals surface area contributed by atoms with Gasteiger partial charge in [-0.15, -0.1) is 0 Å². The number of rotatable bonds is 7. The lowest BCUT2D eigenvalue weighted by Crippen LogP contribution is -2.41. The second kappa shape index (κ2) is 9.90. The summed E-state index contributed by atoms with van der Waals surface area (Å²) in [4.78, 5) is 18.1. The van der Waals surface area contributed by atoms with E-state index in [2.05, 4.69) is 17.0 Å². The monoisotopic (exact) mass is 414 g/mol. The van der Waals surface area contributed by atoms with E-state index in [-0.39, 0.29) is 24.0 Å². The van der Waals surface area contributed by atoms with Gasteiger partial charge in [-0.05, 0) is 23.1 Å². The fourth-order valence-corrected chi connectivity index (χ4v) is 4.48. The van der Waals surface area contributed by atoms with Crippen LogP contribution in [0.5, 0.6) is 0 Å². The van der Waals surface area contributed by atoms with E-state index in [1.54, 1.807) is 0 Å². The lowest BCUT2D eigenvalue weighted by molar-refractivity contribution is -0.133. The smallest absolute Gasteiger partial charge is 0.234 e. The van der Waals surface area contributed by atoms with Gasteiger partial charge in [0.05, 0.1) is 18.1 Å². The Morgan fingerprint density at radius 3 is 1.84 bits per heavy atom. The predicted octanol–water partition coefficient (Wildman–Crippen LogP) is 4.08. The molecule has 1 fully saturated rings. The maximum atomic E-state index is 14.0. The summed E-state index contributed by atoms with van der Waals surface area (Å²) >= 11 is 0. The molecular weight excluding hydrogens is 384 g/mol. The van der Waals surface area contributed by atoms with Gasteiger partial charge in [0, 0.05) is 26.7 Å². The van der Waals surface area contributed by atoms with Crippen LogP contribution in [-0.4, -0.2) is 53.6 Å². The number of aliphatic hydroxyl groups is 1. The Bertz CT molecular complexity index is 923. The highest BCUT2D eigenvalue weighted by molar-refractivity contribution is 5.87. The van der Waals surface area contributed by atoms with Crippen molar-refractivity contribution < 1.29 is 9.90 Å². The van der Waals surface area contributed by atoms with Crippen LogP contribution in [0.15, 0.2) is 91.0 Å². The quantitative estimate of drug-likeness (QED) is 0.633. The molecule has 1 amide bonds. The molecule has 3 aromatic rings. The highest BCUT2D eigenvalue weighted by atomic mass is 16.3. The number of benzene rings is 3. The molecule has 31 heavy (non-hydrogen) atoms. The average molecular weight is 415 g/mol. The van der Waals surface area contributed by atoms with Crippen molar-refractivity contribution in [2.24, 2.45) is 0 Å². The van der Waals surface area contributed by atoms with Crippen LogP contribution in [0.25, 0.3) is 0 Å². The average Bonchev–Trinajstić information content (AvgIpc) is 3.24. The van der Waals surface area contributed by atoms with Crippen molar-refractivity contribution in [3.8, 4) is 0 Å². The van der Waals surface area contributed by atoms with E-state index >= 15 is 0 Å². The molecule has 0 aromatic heterocycles. The van der Waals surface area contributed by atoms with Gasteiger partial charge in [-0.2, -0.15) is 0 Å². The first-order valence-corrected chi connectivity index (χ1v) is 11.0. The maximum Gasteiger partial charge on any atom is 0.234 e. The molecule has 0 aliphatic carbocycles. The standard InChI is InChI=1S/C27H30N2O2/c1-28(25(21-11-5-2-6-12-21)20-29-18-17-24(30)19-29)27(31)26(22-13-7-3-8-14-22)23-15-9-4-10-16-23/h2-16,24-26,30H,17-20H2,1H3/t24-,25+/m1/s1. The third kappa shape index (κ3) is 5.04. The first-order valence-electron chi connectivity index (χ1n) is 11.0. The number of carbonyl (C=O) groups excluding carboxylic acids is 1. The second-order valence-electron chi connectivity index (χ2n) is 8.33. The number of hydrogen-bond donors (Lipinski definition) is 1. The highest BCUT2D eigenvalue weighted by Gasteiger charge is 2.32. The van der Waals surface area contributed by atoms with E-state index in [1.165, 1.54) is 0 Å². The summed E-state index contributed by atoms with van der Waals surface area (Å²) in [5.74, 6) is -0.284. The van der Waals surface area contributed by atoms with Crippen molar-refractivity contribution in [2.75, 3.05) is 26.7 Å². The van der Waals surface area contributed by atoms with E-state index in [1.807, 2.05) is 90.8 Å². The minimum absolute atomic E-state index is 0.0750. The van der Waals surface area contributed by atoms with Crippen LogP contribution in [-0.2, 0) is 4.79 Å². The van der Waals surface area contributed by atoms with E-state index in [0.29, 0.717) is 13.1 Å². The molecular formula is C27H30N2O2. The van der Waals surface area contributed by atoms with Gasteiger partial charge in [0.15, 0.2) is 0 Å². The van der Waals surface area contributed by atoms with Crippen LogP contribution < -0.4 is 0 Å². The molecule has 0 bridgehead atoms. The van der Waals surface area contributed by atoms with Gasteiger partial charge in [-0.1, -0.05) is 91.0 Å². The van der Waals surface area contributed by atoms with Gasteiger partial charge in [0.1, 0.15) is 0 Å². The predicted molar refractivity (Wildman–Crippen MR) is 124 cm³/mol. The van der Waals surface area contributed by atoms with Crippen LogP contribution >= 0.6 is 0 Å². The van der Waals surface area contributed by atoms with E-state index in [0.717, 1.165) is 29.7 Å². The summed E-state index contributed by atoms with van der Waals surface area (Å²) in [7, 11) is 1.91. The lowest BCUT2D eigenvalue weighted by atomic mass is 9.89. The van der Waals surface area contributed by atoms with Gasteiger partial charge in [0.25, 0.3) is 0 Å². The number of β-amino-alcohol motifs (C(OH)–C–C–N with tert-alkyl or cyclic N) is 1. The highest BCUT2D eigenvalue weighted by Crippen LogP contribution is 2.31. The minimum Gasteiger partial charge on any atom is -0.392 e. The molecule has 1 saturated heterocycles. The Morgan fingerprint density at radius 1 is 0.903 bits per heavy atom. The number of likely N-dealkylation sites (tertiary alicyclic amines) is 1. The number of hydrogen-bond acceptors (Lipinski definition) is 3. The van der Waals surface area contributed by atoms with Gasteiger partial charge in [-0.25, -0.2) is 0 Å². The normalized spacial score (nSPS) is 17.6. The summed E-state index contributed by atoms with van der Waals surface area (Å²) in [6.45, 7) is 2.22. The van der Waals surface area contributed by atoms with E-state index in [9.17, 15) is 9.90 Å². The molecule has 0 unspecified atom stereocenters. The zero-order chi connectivity index (χ0) is 21.6. The Balaban J connectivity index is 1.66. The topological polar surface area (TPSA) is 43.8 Å². The SMILES string of the molecule is CN(C(=O)C(c1ccccc1)c1ccccc1)[C@@H](CN1CC[C@@H](O)C1)c1ccccc1. The van der Waals surface area contributed by atoms with E-state index < -0.39 is 0 Å². The lowest BCUT2D eigenvalue weighted by Gasteiger charge is -2.34. The number of nitrogens with zero attached hydrogens (tertiary/aromatic N) is 2. The van der Waals surface area contributed by atoms with Crippen molar-refractivity contribution in [3.05, 3.63) is 108 Å². The molecule has 0 spiro atoms. The molecule has 0 radical (unpaired) electrons. The summed E-state index contributed by atoms with van der Waals surface area (Å²) in [5.41, 5.74) is 3.10. The van der Waals surface area contributed by atoms with Gasteiger partial charge in [-0.3, -0.25) is 9.69 Å². The molecule has 1 aliphatic heterocycles. The first kappa shape index (κ1) is 21.3. The summed E-state index contributed by atoms with van der Waals surface area (Å²) in [6.07, 6.45) is 0.509. The molecule has 0 saturated carbocycles. The van der Waals surface area contributed by atoms with Crippen molar-refractivity contribution in [3.63, 3.8) is 0 Å². The molecule has 4 nitrogen and oxygen atoms in total. The van der Waals surface area contributed by atoms with Crippen molar-refractivity contribution in [1.29, 1.82) is 0 Å². The fraction of sp³-hybridized carbons (Fsp3) is 0.296. The zero-order valence-electron chi connectivity index (χ0n) is 18.0. The second-order valence-corrected chi connectivity index (χ2v) is 8.33. The van der Waals surface area contributed by atoms with Crippen LogP contribution in [0.2, 0.25) is 0 Å². The maximum absolute atomic E-state index is 14.0. The molecule has 160 valence electrons. The largest absolute Gasteiger partial charge is 0.392 e. The molecule has 1 aliphatic rings. The molecule has 1 N–H and O–H groups in total. The molecule has 4 heteroatoms. The summed E-state index contributed by atoms with van der Waals surface area (Å²) in [5, 5.41) is 9.99. The Labute approximate surface area is 184 Å². The van der Waals surface area contributed by atoms with Crippen LogP contribution in [0.1, 0.15) is 35.1 Å².